The van der Waals surface area contributed by atoms with E-state index in [2.05, 4.69) is 12.2 Å². The minimum absolute atomic E-state index is 0.136. The first-order valence-electron chi connectivity index (χ1n) is 9.53. The lowest BCUT2D eigenvalue weighted by Crippen LogP contribution is -2.55. The van der Waals surface area contributed by atoms with Crippen LogP contribution >= 0.6 is 11.6 Å². The molecule has 0 aromatic heterocycles. The van der Waals surface area contributed by atoms with Crippen LogP contribution in [-0.2, 0) is 19.0 Å². The van der Waals surface area contributed by atoms with Gasteiger partial charge in [-0.3, -0.25) is 4.79 Å². The van der Waals surface area contributed by atoms with Gasteiger partial charge in [0.05, 0.1) is 18.2 Å². The zero-order chi connectivity index (χ0) is 20.7. The Hall–Kier alpha value is -1.79. The van der Waals surface area contributed by atoms with Crippen LogP contribution < -0.4 is 5.32 Å². The Balaban J connectivity index is 2.03. The minimum atomic E-state index is -0.782. The Morgan fingerprint density at radius 1 is 1.14 bits per heavy atom. The Bertz CT molecular complexity index is 762. The molecule has 2 fully saturated rings. The van der Waals surface area contributed by atoms with Crippen LogP contribution in [0.4, 0.5) is 4.79 Å². The van der Waals surface area contributed by atoms with E-state index in [0.717, 1.165) is 29.5 Å². The topological polar surface area (TPSA) is 73.9 Å². The van der Waals surface area contributed by atoms with Gasteiger partial charge < -0.3 is 19.5 Å². The van der Waals surface area contributed by atoms with Gasteiger partial charge in [-0.1, -0.05) is 11.6 Å². The SMILES string of the molecule is COC(=O)OC1C(c2c(C)cc(Cl)cc2C)C(=O)NC12CCC(C)(OC)CC2. The number of halogens is 1. The summed E-state index contributed by atoms with van der Waals surface area (Å²) in [5, 5.41) is 3.78. The van der Waals surface area contributed by atoms with Crippen molar-refractivity contribution in [2.45, 2.75) is 69.6 Å². The number of hydrogen-bond acceptors (Lipinski definition) is 5. The van der Waals surface area contributed by atoms with E-state index >= 15 is 0 Å². The Labute approximate surface area is 170 Å². The third kappa shape index (κ3) is 3.60. The first-order chi connectivity index (χ1) is 13.1. The summed E-state index contributed by atoms with van der Waals surface area (Å²) < 4.78 is 16.1. The fourth-order valence-corrected chi connectivity index (χ4v) is 5.04. The summed E-state index contributed by atoms with van der Waals surface area (Å²) in [5.41, 5.74) is 1.78. The second-order valence-corrected chi connectivity index (χ2v) is 8.66. The molecule has 154 valence electrons. The maximum Gasteiger partial charge on any atom is 0.508 e. The van der Waals surface area contributed by atoms with Gasteiger partial charge in [-0.15, -0.1) is 0 Å². The van der Waals surface area contributed by atoms with Crippen molar-refractivity contribution in [1.29, 1.82) is 0 Å². The van der Waals surface area contributed by atoms with Gasteiger partial charge in [0.25, 0.3) is 0 Å². The van der Waals surface area contributed by atoms with Crippen LogP contribution in [0.1, 0.15) is 55.2 Å². The van der Waals surface area contributed by atoms with Crippen LogP contribution in [0.5, 0.6) is 0 Å². The third-order valence-corrected chi connectivity index (χ3v) is 6.67. The van der Waals surface area contributed by atoms with Crippen molar-refractivity contribution in [3.63, 3.8) is 0 Å². The van der Waals surface area contributed by atoms with E-state index in [1.807, 2.05) is 26.0 Å². The number of amides is 1. The zero-order valence-electron chi connectivity index (χ0n) is 17.1. The summed E-state index contributed by atoms with van der Waals surface area (Å²) in [5.74, 6) is -0.744. The molecule has 1 N–H and O–H groups in total. The molecular formula is C21H28ClNO5. The fraction of sp³-hybridized carbons (Fsp3) is 0.619. The highest BCUT2D eigenvalue weighted by atomic mass is 35.5. The molecule has 2 atom stereocenters. The maximum atomic E-state index is 13.1. The highest BCUT2D eigenvalue weighted by molar-refractivity contribution is 6.30. The molecule has 0 radical (unpaired) electrons. The number of hydrogen-bond donors (Lipinski definition) is 1. The van der Waals surface area contributed by atoms with Gasteiger partial charge in [0.1, 0.15) is 12.0 Å². The zero-order valence-corrected chi connectivity index (χ0v) is 17.8. The van der Waals surface area contributed by atoms with E-state index in [1.54, 1.807) is 7.11 Å². The summed E-state index contributed by atoms with van der Waals surface area (Å²) in [6.07, 6.45) is 1.40. The molecule has 6 nitrogen and oxygen atoms in total. The Morgan fingerprint density at radius 3 is 2.21 bits per heavy atom. The molecule has 1 heterocycles. The minimum Gasteiger partial charge on any atom is -0.438 e. The first-order valence-corrected chi connectivity index (χ1v) is 9.91. The van der Waals surface area contributed by atoms with Crippen LogP contribution in [0.15, 0.2) is 12.1 Å². The molecule has 3 rings (SSSR count). The quantitative estimate of drug-likeness (QED) is 0.762. The van der Waals surface area contributed by atoms with Gasteiger partial charge in [0.15, 0.2) is 0 Å². The van der Waals surface area contributed by atoms with Crippen molar-refractivity contribution in [3.05, 3.63) is 33.8 Å². The predicted octanol–water partition coefficient (Wildman–Crippen LogP) is 4.04. The Kier molecular flexibility index (Phi) is 5.65. The molecular weight excluding hydrogens is 382 g/mol. The lowest BCUT2D eigenvalue weighted by molar-refractivity contribution is -0.121. The molecule has 2 unspecified atom stereocenters. The van der Waals surface area contributed by atoms with E-state index in [-0.39, 0.29) is 11.5 Å². The smallest absolute Gasteiger partial charge is 0.438 e. The monoisotopic (exact) mass is 409 g/mol. The summed E-state index contributed by atoms with van der Waals surface area (Å²) in [6.45, 7) is 5.91. The number of methoxy groups -OCH3 is 2. The van der Waals surface area contributed by atoms with Gasteiger partial charge in [-0.2, -0.15) is 0 Å². The van der Waals surface area contributed by atoms with E-state index in [4.69, 9.17) is 25.8 Å². The number of rotatable bonds is 3. The number of ether oxygens (including phenoxy) is 3. The molecule has 1 aliphatic heterocycles. The number of carbonyl (C=O) groups excluding carboxylic acids is 2. The standard InChI is InChI=1S/C21H28ClNO5/c1-12-10-14(22)11-13(2)15(12)16-17(28-19(25)26-4)21(23-18(16)24)8-6-20(3,27-5)7-9-21/h10-11,16-17H,6-9H2,1-5H3,(H,23,24). The van der Waals surface area contributed by atoms with Crippen molar-refractivity contribution in [3.8, 4) is 0 Å². The average molecular weight is 410 g/mol. The van der Waals surface area contributed by atoms with Crippen LogP contribution in [0.25, 0.3) is 0 Å². The molecule has 1 aromatic carbocycles. The second-order valence-electron chi connectivity index (χ2n) is 8.22. The van der Waals surface area contributed by atoms with Crippen LogP contribution in [0, 0.1) is 13.8 Å². The molecule has 1 amide bonds. The summed E-state index contributed by atoms with van der Waals surface area (Å²) >= 11 is 6.18. The van der Waals surface area contributed by atoms with E-state index in [9.17, 15) is 9.59 Å². The molecule has 1 saturated heterocycles. The molecule has 1 spiro atoms. The number of aryl methyl sites for hydroxylation is 2. The molecule has 0 bridgehead atoms. The third-order valence-electron chi connectivity index (χ3n) is 6.45. The number of benzene rings is 1. The van der Waals surface area contributed by atoms with Crippen molar-refractivity contribution >= 4 is 23.7 Å². The van der Waals surface area contributed by atoms with Gasteiger partial charge in [-0.25, -0.2) is 4.79 Å². The normalized spacial score (nSPS) is 32.3. The van der Waals surface area contributed by atoms with Crippen molar-refractivity contribution < 1.29 is 23.8 Å². The summed E-state index contributed by atoms with van der Waals surface area (Å²) in [6, 6.07) is 3.67. The van der Waals surface area contributed by atoms with Crippen LogP contribution in [0.2, 0.25) is 5.02 Å². The largest absolute Gasteiger partial charge is 0.508 e. The lowest BCUT2D eigenvalue weighted by Gasteiger charge is -2.44. The van der Waals surface area contributed by atoms with Gasteiger partial charge in [0, 0.05) is 12.1 Å². The number of carbonyl (C=O) groups is 2. The molecule has 1 aliphatic carbocycles. The summed E-state index contributed by atoms with van der Waals surface area (Å²) in [4.78, 5) is 25.2. The van der Waals surface area contributed by atoms with Gasteiger partial charge >= 0.3 is 6.16 Å². The van der Waals surface area contributed by atoms with Crippen LogP contribution in [0.3, 0.4) is 0 Å². The maximum absolute atomic E-state index is 13.1. The Morgan fingerprint density at radius 2 is 1.71 bits per heavy atom. The average Bonchev–Trinajstić information content (AvgIpc) is 2.89. The van der Waals surface area contributed by atoms with Crippen molar-refractivity contribution in [1.82, 2.24) is 5.32 Å². The molecule has 7 heteroatoms. The van der Waals surface area contributed by atoms with E-state index in [0.29, 0.717) is 17.9 Å². The molecule has 1 aromatic rings. The highest BCUT2D eigenvalue weighted by Crippen LogP contribution is 2.48. The van der Waals surface area contributed by atoms with Crippen LogP contribution in [-0.4, -0.2) is 43.5 Å². The van der Waals surface area contributed by atoms with E-state index in [1.165, 1.54) is 7.11 Å². The molecule has 28 heavy (non-hydrogen) atoms. The van der Waals surface area contributed by atoms with Crippen molar-refractivity contribution in [2.24, 2.45) is 0 Å². The van der Waals surface area contributed by atoms with Gasteiger partial charge in [0.2, 0.25) is 5.91 Å². The lowest BCUT2D eigenvalue weighted by atomic mass is 9.70. The number of nitrogens with one attached hydrogen (secondary N) is 1. The van der Waals surface area contributed by atoms with E-state index < -0.39 is 23.7 Å². The second kappa shape index (κ2) is 7.56. The van der Waals surface area contributed by atoms with Gasteiger partial charge in [-0.05, 0) is 75.3 Å². The van der Waals surface area contributed by atoms with Crippen molar-refractivity contribution in [2.75, 3.05) is 14.2 Å². The molecule has 2 aliphatic rings. The first kappa shape index (κ1) is 20.9. The predicted molar refractivity (Wildman–Crippen MR) is 106 cm³/mol. The summed E-state index contributed by atoms with van der Waals surface area (Å²) in [7, 11) is 2.98. The highest BCUT2D eigenvalue weighted by Gasteiger charge is 2.58. The molecule has 1 saturated carbocycles. The fourth-order valence-electron chi connectivity index (χ4n) is 4.72.